The molecule has 1 aromatic rings. The molecular weight excluding hydrogens is 300 g/mol. The van der Waals surface area contributed by atoms with Crippen molar-refractivity contribution in [1.82, 2.24) is 0 Å². The van der Waals surface area contributed by atoms with Crippen LogP contribution in [-0.4, -0.2) is 26.3 Å². The fraction of sp³-hybridized carbons (Fsp3) is 0.462. The van der Waals surface area contributed by atoms with Gasteiger partial charge < -0.3 is 14.2 Å². The molecule has 1 aliphatic heterocycles. The van der Waals surface area contributed by atoms with Crippen LogP contribution in [0.4, 0.5) is 0 Å². The van der Waals surface area contributed by atoms with E-state index in [-0.39, 0.29) is 5.97 Å². The molecule has 0 atom stereocenters. The first kappa shape index (κ1) is 11.8. The summed E-state index contributed by atoms with van der Waals surface area (Å²) < 4.78 is 16.8. The first-order valence-electron chi connectivity index (χ1n) is 5.85. The lowest BCUT2D eigenvalue weighted by molar-refractivity contribution is -0.143. The van der Waals surface area contributed by atoms with Crippen LogP contribution >= 0.6 is 15.9 Å². The van der Waals surface area contributed by atoms with E-state index >= 15 is 0 Å². The van der Waals surface area contributed by atoms with Gasteiger partial charge in [-0.05, 0) is 30.5 Å². The number of esters is 1. The van der Waals surface area contributed by atoms with E-state index < -0.39 is 5.41 Å². The molecule has 1 aromatic carbocycles. The van der Waals surface area contributed by atoms with E-state index in [0.717, 1.165) is 28.6 Å². The van der Waals surface area contributed by atoms with Crippen molar-refractivity contribution in [2.24, 2.45) is 0 Å². The van der Waals surface area contributed by atoms with Gasteiger partial charge in [-0.1, -0.05) is 15.9 Å². The molecule has 1 fully saturated rings. The van der Waals surface area contributed by atoms with E-state index in [4.69, 9.17) is 14.2 Å². The fourth-order valence-corrected chi connectivity index (χ4v) is 3.04. The van der Waals surface area contributed by atoms with Crippen molar-refractivity contribution in [2.75, 3.05) is 20.3 Å². The lowest BCUT2D eigenvalue weighted by atomic mass is 9.95. The van der Waals surface area contributed by atoms with E-state index in [2.05, 4.69) is 15.9 Å². The van der Waals surface area contributed by atoms with Gasteiger partial charge in [-0.15, -0.1) is 0 Å². The Balaban J connectivity index is 2.05. The molecule has 1 heterocycles. The summed E-state index contributed by atoms with van der Waals surface area (Å²) in [5.74, 6) is 1.24. The van der Waals surface area contributed by atoms with Crippen molar-refractivity contribution in [3.63, 3.8) is 0 Å². The third-order valence-corrected chi connectivity index (χ3v) is 4.13. The second-order valence-electron chi connectivity index (χ2n) is 4.55. The van der Waals surface area contributed by atoms with Crippen LogP contribution in [0.5, 0.6) is 11.5 Å². The van der Waals surface area contributed by atoms with Crippen molar-refractivity contribution in [1.29, 1.82) is 0 Å². The molecule has 96 valence electrons. The minimum absolute atomic E-state index is 0.181. The molecule has 5 heteroatoms. The zero-order valence-corrected chi connectivity index (χ0v) is 11.6. The summed E-state index contributed by atoms with van der Waals surface area (Å²) in [6, 6.07) is 3.76. The van der Waals surface area contributed by atoms with Gasteiger partial charge in [0.1, 0.15) is 13.2 Å². The Morgan fingerprint density at radius 1 is 1.28 bits per heavy atom. The summed E-state index contributed by atoms with van der Waals surface area (Å²) in [6.07, 6.45) is 1.63. The summed E-state index contributed by atoms with van der Waals surface area (Å²) >= 11 is 3.51. The molecule has 0 spiro atoms. The number of rotatable bonds is 2. The van der Waals surface area contributed by atoms with Gasteiger partial charge in [-0.25, -0.2) is 0 Å². The number of fused-ring (bicyclic) bond motifs is 1. The molecule has 3 rings (SSSR count). The van der Waals surface area contributed by atoms with Gasteiger partial charge in [-0.2, -0.15) is 0 Å². The first-order valence-corrected chi connectivity index (χ1v) is 6.65. The molecule has 0 amide bonds. The fourth-order valence-electron chi connectivity index (χ4n) is 2.33. The Kier molecular flexibility index (Phi) is 2.73. The van der Waals surface area contributed by atoms with Crippen molar-refractivity contribution in [3.05, 3.63) is 22.2 Å². The minimum Gasteiger partial charge on any atom is -0.486 e. The van der Waals surface area contributed by atoms with Crippen LogP contribution in [0.25, 0.3) is 0 Å². The van der Waals surface area contributed by atoms with Crippen LogP contribution < -0.4 is 9.47 Å². The summed E-state index contributed by atoms with van der Waals surface area (Å²) in [5.41, 5.74) is 0.433. The normalized spacial score (nSPS) is 19.2. The van der Waals surface area contributed by atoms with Gasteiger partial charge in [0.2, 0.25) is 0 Å². The van der Waals surface area contributed by atoms with Gasteiger partial charge >= 0.3 is 5.97 Å². The topological polar surface area (TPSA) is 44.8 Å². The van der Waals surface area contributed by atoms with Crippen molar-refractivity contribution in [3.8, 4) is 11.5 Å². The van der Waals surface area contributed by atoms with Crippen molar-refractivity contribution in [2.45, 2.75) is 18.3 Å². The molecule has 0 bridgehead atoms. The van der Waals surface area contributed by atoms with Crippen molar-refractivity contribution < 1.29 is 19.0 Å². The molecule has 0 saturated heterocycles. The molecule has 0 N–H and O–H groups in total. The number of benzene rings is 1. The van der Waals surface area contributed by atoms with Crippen LogP contribution in [0, 0.1) is 0 Å². The molecule has 1 saturated carbocycles. The summed E-state index contributed by atoms with van der Waals surface area (Å²) in [5, 5.41) is 0. The summed E-state index contributed by atoms with van der Waals surface area (Å²) in [7, 11) is 1.42. The lowest BCUT2D eigenvalue weighted by Gasteiger charge is -2.22. The summed E-state index contributed by atoms with van der Waals surface area (Å²) in [4.78, 5) is 11.9. The largest absolute Gasteiger partial charge is 0.486 e. The number of methoxy groups -OCH3 is 1. The van der Waals surface area contributed by atoms with Gasteiger partial charge in [0, 0.05) is 4.47 Å². The third-order valence-electron chi connectivity index (χ3n) is 3.47. The second-order valence-corrected chi connectivity index (χ2v) is 5.40. The molecule has 0 aromatic heterocycles. The number of hydrogen-bond acceptors (Lipinski definition) is 4. The number of carbonyl (C=O) groups is 1. The molecule has 0 unspecified atom stereocenters. The average Bonchev–Trinajstić information content (AvgIpc) is 3.18. The highest BCUT2D eigenvalue weighted by Gasteiger charge is 2.54. The Labute approximate surface area is 113 Å². The SMILES string of the molecule is COC(=O)C1(c2cc3c(cc2Br)OCCO3)CC1. The van der Waals surface area contributed by atoms with Crippen LogP contribution in [0.1, 0.15) is 18.4 Å². The summed E-state index contributed by atoms with van der Waals surface area (Å²) in [6.45, 7) is 1.10. The smallest absolute Gasteiger partial charge is 0.316 e. The second kappa shape index (κ2) is 4.16. The van der Waals surface area contributed by atoms with Crippen LogP contribution in [0.2, 0.25) is 0 Å². The highest BCUT2D eigenvalue weighted by Crippen LogP contribution is 2.53. The maximum Gasteiger partial charge on any atom is 0.316 e. The van der Waals surface area contributed by atoms with E-state index in [1.807, 2.05) is 12.1 Å². The molecule has 18 heavy (non-hydrogen) atoms. The number of ether oxygens (including phenoxy) is 3. The predicted molar refractivity (Wildman–Crippen MR) is 68.1 cm³/mol. The maximum absolute atomic E-state index is 11.9. The monoisotopic (exact) mass is 312 g/mol. The average molecular weight is 313 g/mol. The number of halogens is 1. The number of carbonyl (C=O) groups excluding carboxylic acids is 1. The Morgan fingerprint density at radius 2 is 1.89 bits per heavy atom. The van der Waals surface area contributed by atoms with E-state index in [9.17, 15) is 4.79 Å². The minimum atomic E-state index is -0.497. The van der Waals surface area contributed by atoms with E-state index in [0.29, 0.717) is 19.0 Å². The molecule has 4 nitrogen and oxygen atoms in total. The van der Waals surface area contributed by atoms with Gasteiger partial charge in [0.15, 0.2) is 11.5 Å². The molecule has 2 aliphatic rings. The lowest BCUT2D eigenvalue weighted by Crippen LogP contribution is -2.23. The van der Waals surface area contributed by atoms with Gasteiger partial charge in [-0.3, -0.25) is 4.79 Å². The van der Waals surface area contributed by atoms with Crippen LogP contribution in [0.15, 0.2) is 16.6 Å². The third kappa shape index (κ3) is 1.68. The molecule has 0 radical (unpaired) electrons. The highest BCUT2D eigenvalue weighted by molar-refractivity contribution is 9.10. The standard InChI is InChI=1S/C13H13BrO4/c1-16-12(15)13(2-3-13)8-6-10-11(7-9(8)14)18-5-4-17-10/h6-7H,2-5H2,1H3. The highest BCUT2D eigenvalue weighted by atomic mass is 79.9. The first-order chi connectivity index (χ1) is 8.67. The van der Waals surface area contributed by atoms with Gasteiger partial charge in [0.25, 0.3) is 0 Å². The maximum atomic E-state index is 11.9. The van der Waals surface area contributed by atoms with E-state index in [1.165, 1.54) is 7.11 Å². The molecule has 1 aliphatic carbocycles. The van der Waals surface area contributed by atoms with Crippen LogP contribution in [0.3, 0.4) is 0 Å². The van der Waals surface area contributed by atoms with Crippen molar-refractivity contribution >= 4 is 21.9 Å². The predicted octanol–water partition coefficient (Wildman–Crippen LogP) is 2.42. The Morgan fingerprint density at radius 3 is 2.44 bits per heavy atom. The Bertz CT molecular complexity index is 508. The zero-order valence-electron chi connectivity index (χ0n) is 9.99. The van der Waals surface area contributed by atoms with Gasteiger partial charge in [0.05, 0.1) is 12.5 Å². The van der Waals surface area contributed by atoms with E-state index in [1.54, 1.807) is 0 Å². The van der Waals surface area contributed by atoms with Crippen LogP contribution in [-0.2, 0) is 14.9 Å². The quantitative estimate of drug-likeness (QED) is 0.787. The number of hydrogen-bond donors (Lipinski definition) is 0. The molecular formula is C13H13BrO4. The Hall–Kier alpha value is -1.23. The zero-order chi connectivity index (χ0) is 12.8.